The van der Waals surface area contributed by atoms with E-state index in [4.69, 9.17) is 12.2 Å². The SMILES string of the molecule is S=c1nc(CCc2ccccc2)[nH]c2ccccc12. The molecule has 94 valence electrons. The van der Waals surface area contributed by atoms with Crippen molar-refractivity contribution >= 4 is 23.1 Å². The summed E-state index contributed by atoms with van der Waals surface area (Å²) in [5, 5.41) is 1.01. The van der Waals surface area contributed by atoms with Gasteiger partial charge in [0.25, 0.3) is 0 Å². The first-order valence-corrected chi connectivity index (χ1v) is 6.75. The van der Waals surface area contributed by atoms with Crippen LogP contribution in [0.1, 0.15) is 11.4 Å². The zero-order chi connectivity index (χ0) is 13.1. The molecule has 2 nitrogen and oxygen atoms in total. The molecule has 0 saturated heterocycles. The third-order valence-electron chi connectivity index (χ3n) is 3.17. The highest BCUT2D eigenvalue weighted by Gasteiger charge is 2.01. The first kappa shape index (κ1) is 12.1. The quantitative estimate of drug-likeness (QED) is 0.724. The summed E-state index contributed by atoms with van der Waals surface area (Å²) in [6.07, 6.45) is 1.84. The third kappa shape index (κ3) is 2.71. The molecule has 0 amide bonds. The summed E-state index contributed by atoms with van der Waals surface area (Å²) in [6.45, 7) is 0. The highest BCUT2D eigenvalue weighted by molar-refractivity contribution is 7.71. The maximum absolute atomic E-state index is 5.34. The van der Waals surface area contributed by atoms with E-state index in [9.17, 15) is 0 Å². The molecule has 1 heterocycles. The lowest BCUT2D eigenvalue weighted by molar-refractivity contribution is 0.866. The van der Waals surface area contributed by atoms with Gasteiger partial charge in [0.1, 0.15) is 10.5 Å². The van der Waals surface area contributed by atoms with Crippen LogP contribution < -0.4 is 0 Å². The summed E-state index contributed by atoms with van der Waals surface area (Å²) in [6, 6.07) is 18.5. The molecule has 2 aromatic carbocycles. The summed E-state index contributed by atoms with van der Waals surface area (Å²) < 4.78 is 0.678. The van der Waals surface area contributed by atoms with Gasteiger partial charge in [-0.15, -0.1) is 0 Å². The predicted molar refractivity (Wildman–Crippen MR) is 80.8 cm³/mol. The Labute approximate surface area is 117 Å². The number of aromatic amines is 1. The van der Waals surface area contributed by atoms with E-state index < -0.39 is 0 Å². The summed E-state index contributed by atoms with van der Waals surface area (Å²) in [4.78, 5) is 7.84. The lowest BCUT2D eigenvalue weighted by Gasteiger charge is -2.04. The van der Waals surface area contributed by atoms with Gasteiger partial charge in [-0.05, 0) is 24.1 Å². The Morgan fingerprint density at radius 3 is 2.47 bits per heavy atom. The van der Waals surface area contributed by atoms with Crippen molar-refractivity contribution in [3.63, 3.8) is 0 Å². The van der Waals surface area contributed by atoms with E-state index in [1.807, 2.05) is 30.3 Å². The van der Waals surface area contributed by atoms with Crippen molar-refractivity contribution in [2.75, 3.05) is 0 Å². The van der Waals surface area contributed by atoms with Crippen LogP contribution in [0.5, 0.6) is 0 Å². The molecule has 3 heteroatoms. The Morgan fingerprint density at radius 1 is 0.895 bits per heavy atom. The minimum Gasteiger partial charge on any atom is -0.343 e. The van der Waals surface area contributed by atoms with Gasteiger partial charge in [-0.3, -0.25) is 0 Å². The van der Waals surface area contributed by atoms with Crippen LogP contribution in [0.3, 0.4) is 0 Å². The first-order valence-electron chi connectivity index (χ1n) is 6.35. The van der Waals surface area contributed by atoms with Gasteiger partial charge in [-0.1, -0.05) is 54.7 Å². The Kier molecular flexibility index (Phi) is 3.38. The summed E-state index contributed by atoms with van der Waals surface area (Å²) >= 11 is 5.34. The molecule has 0 aliphatic heterocycles. The van der Waals surface area contributed by atoms with Crippen molar-refractivity contribution in [2.24, 2.45) is 0 Å². The second-order valence-corrected chi connectivity index (χ2v) is 4.91. The summed E-state index contributed by atoms with van der Waals surface area (Å²) in [5.74, 6) is 0.951. The van der Waals surface area contributed by atoms with Gasteiger partial charge < -0.3 is 4.98 Å². The van der Waals surface area contributed by atoms with E-state index >= 15 is 0 Å². The van der Waals surface area contributed by atoms with Crippen LogP contribution in [0.15, 0.2) is 54.6 Å². The molecule has 0 unspecified atom stereocenters. The number of fused-ring (bicyclic) bond motifs is 1. The predicted octanol–water partition coefficient (Wildman–Crippen LogP) is 4.08. The smallest absolute Gasteiger partial charge is 0.137 e. The van der Waals surface area contributed by atoms with E-state index in [2.05, 4.69) is 34.2 Å². The number of H-pyrrole nitrogens is 1. The second kappa shape index (κ2) is 5.33. The molecule has 0 atom stereocenters. The number of aromatic nitrogens is 2. The van der Waals surface area contributed by atoms with Gasteiger partial charge in [0.15, 0.2) is 0 Å². The largest absolute Gasteiger partial charge is 0.343 e. The molecule has 3 aromatic rings. The summed E-state index contributed by atoms with van der Waals surface area (Å²) in [7, 11) is 0. The molecule has 0 saturated carbocycles. The van der Waals surface area contributed by atoms with E-state index in [1.165, 1.54) is 5.56 Å². The number of hydrogen-bond acceptors (Lipinski definition) is 2. The number of benzene rings is 2. The lowest BCUT2D eigenvalue weighted by Crippen LogP contribution is -1.99. The van der Waals surface area contributed by atoms with Crippen LogP contribution in [-0.2, 0) is 12.8 Å². The van der Waals surface area contributed by atoms with Crippen molar-refractivity contribution in [2.45, 2.75) is 12.8 Å². The standard InChI is InChI=1S/C16H14N2S/c19-16-13-8-4-5-9-14(13)17-15(18-16)11-10-12-6-2-1-3-7-12/h1-9H,10-11H2,(H,17,18,19). The Balaban J connectivity index is 1.88. The minimum absolute atomic E-state index is 0.678. The number of rotatable bonds is 3. The van der Waals surface area contributed by atoms with Crippen molar-refractivity contribution in [1.82, 2.24) is 9.97 Å². The average Bonchev–Trinajstić information content (AvgIpc) is 2.46. The molecule has 0 fully saturated rings. The summed E-state index contributed by atoms with van der Waals surface area (Å²) in [5.41, 5.74) is 2.38. The Hall–Kier alpha value is -2.00. The maximum atomic E-state index is 5.34. The number of nitrogens with zero attached hydrogens (tertiary/aromatic N) is 1. The monoisotopic (exact) mass is 266 g/mol. The molecule has 3 rings (SSSR count). The van der Waals surface area contributed by atoms with Crippen LogP contribution in [0.2, 0.25) is 0 Å². The van der Waals surface area contributed by atoms with Crippen LogP contribution in [-0.4, -0.2) is 9.97 Å². The molecular formula is C16H14N2S. The second-order valence-electron chi connectivity index (χ2n) is 4.52. The van der Waals surface area contributed by atoms with Crippen LogP contribution in [0, 0.1) is 4.64 Å². The zero-order valence-corrected chi connectivity index (χ0v) is 11.3. The van der Waals surface area contributed by atoms with Crippen molar-refractivity contribution < 1.29 is 0 Å². The van der Waals surface area contributed by atoms with E-state index in [0.717, 1.165) is 29.6 Å². The molecule has 19 heavy (non-hydrogen) atoms. The van der Waals surface area contributed by atoms with Gasteiger partial charge in [0.05, 0.1) is 0 Å². The molecule has 0 aliphatic carbocycles. The van der Waals surface area contributed by atoms with Gasteiger partial charge in [-0.2, -0.15) is 0 Å². The lowest BCUT2D eigenvalue weighted by atomic mass is 10.1. The van der Waals surface area contributed by atoms with Gasteiger partial charge >= 0.3 is 0 Å². The van der Waals surface area contributed by atoms with Crippen molar-refractivity contribution in [3.05, 3.63) is 70.6 Å². The number of para-hydroxylation sites is 1. The fraction of sp³-hybridized carbons (Fsp3) is 0.125. The first-order chi connectivity index (χ1) is 9.33. The molecule has 0 spiro atoms. The molecule has 1 N–H and O–H groups in total. The average molecular weight is 266 g/mol. The van der Waals surface area contributed by atoms with Gasteiger partial charge in [0, 0.05) is 17.3 Å². The fourth-order valence-corrected chi connectivity index (χ4v) is 2.46. The highest BCUT2D eigenvalue weighted by atomic mass is 32.1. The minimum atomic E-state index is 0.678. The van der Waals surface area contributed by atoms with E-state index in [0.29, 0.717) is 4.64 Å². The van der Waals surface area contributed by atoms with Crippen molar-refractivity contribution in [1.29, 1.82) is 0 Å². The fourth-order valence-electron chi connectivity index (χ4n) is 2.17. The maximum Gasteiger partial charge on any atom is 0.137 e. The third-order valence-corrected chi connectivity index (χ3v) is 3.48. The van der Waals surface area contributed by atoms with E-state index in [-0.39, 0.29) is 0 Å². The van der Waals surface area contributed by atoms with Gasteiger partial charge in [0.2, 0.25) is 0 Å². The van der Waals surface area contributed by atoms with Gasteiger partial charge in [-0.25, -0.2) is 4.98 Å². The van der Waals surface area contributed by atoms with Crippen LogP contribution >= 0.6 is 12.2 Å². The number of nitrogens with one attached hydrogen (secondary N) is 1. The molecule has 0 bridgehead atoms. The zero-order valence-electron chi connectivity index (χ0n) is 10.5. The van der Waals surface area contributed by atoms with Crippen molar-refractivity contribution in [3.8, 4) is 0 Å². The normalized spacial score (nSPS) is 10.7. The molecule has 1 aromatic heterocycles. The Morgan fingerprint density at radius 2 is 1.63 bits per heavy atom. The highest BCUT2D eigenvalue weighted by Crippen LogP contribution is 2.13. The van der Waals surface area contributed by atoms with Crippen LogP contribution in [0.25, 0.3) is 10.9 Å². The Bertz CT molecular complexity index is 747. The van der Waals surface area contributed by atoms with E-state index in [1.54, 1.807) is 0 Å². The molecular weight excluding hydrogens is 252 g/mol. The molecule has 0 radical (unpaired) electrons. The molecule has 0 aliphatic rings. The number of hydrogen-bond donors (Lipinski definition) is 1. The topological polar surface area (TPSA) is 28.7 Å². The van der Waals surface area contributed by atoms with Crippen LogP contribution in [0.4, 0.5) is 0 Å². The number of aryl methyl sites for hydroxylation is 2.